The molecule has 0 aliphatic carbocycles. The Kier molecular flexibility index (Phi) is 5.59. The highest BCUT2D eigenvalue weighted by molar-refractivity contribution is 5.43. The molecule has 6 nitrogen and oxygen atoms in total. The summed E-state index contributed by atoms with van der Waals surface area (Å²) >= 11 is 0. The van der Waals surface area contributed by atoms with Gasteiger partial charge < -0.3 is 14.5 Å². The van der Waals surface area contributed by atoms with Gasteiger partial charge in [0.05, 0.1) is 12.6 Å². The summed E-state index contributed by atoms with van der Waals surface area (Å²) in [7, 11) is 3.94. The van der Waals surface area contributed by atoms with E-state index in [4.69, 9.17) is 14.7 Å². The lowest BCUT2D eigenvalue weighted by atomic mass is 10.0. The molecule has 2 heterocycles. The van der Waals surface area contributed by atoms with E-state index in [1.165, 1.54) is 5.56 Å². The van der Waals surface area contributed by atoms with E-state index < -0.39 is 0 Å². The largest absolute Gasteiger partial charge is 0.494 e. The van der Waals surface area contributed by atoms with E-state index in [0.717, 1.165) is 42.9 Å². The van der Waals surface area contributed by atoms with Gasteiger partial charge >= 0.3 is 0 Å². The van der Waals surface area contributed by atoms with E-state index in [9.17, 15) is 0 Å². The molecule has 0 bridgehead atoms. The zero-order valence-electron chi connectivity index (χ0n) is 16.4. The molecule has 1 aromatic carbocycles. The van der Waals surface area contributed by atoms with Crippen molar-refractivity contribution in [3.63, 3.8) is 0 Å². The SMILES string of the molecule is CCOc1ccc(C2CCCN2c2nc(C(C)C)nc(N(C)C)n2)cc1. The number of ether oxygens (including phenoxy) is 1. The molecule has 26 heavy (non-hydrogen) atoms. The molecule has 1 fully saturated rings. The third-order valence-electron chi connectivity index (χ3n) is 4.63. The first kappa shape index (κ1) is 18.4. The molecule has 0 N–H and O–H groups in total. The Morgan fingerprint density at radius 3 is 2.50 bits per heavy atom. The number of aromatic nitrogens is 3. The molecule has 140 valence electrons. The maximum atomic E-state index is 5.57. The van der Waals surface area contributed by atoms with Crippen molar-refractivity contribution in [1.82, 2.24) is 15.0 Å². The monoisotopic (exact) mass is 355 g/mol. The fraction of sp³-hybridized carbons (Fsp3) is 0.550. The molecule has 1 unspecified atom stereocenters. The molecule has 0 amide bonds. The fourth-order valence-corrected chi connectivity index (χ4v) is 3.26. The zero-order chi connectivity index (χ0) is 18.7. The van der Waals surface area contributed by atoms with Crippen molar-refractivity contribution in [2.24, 2.45) is 0 Å². The molecule has 1 aliphatic rings. The highest BCUT2D eigenvalue weighted by Crippen LogP contribution is 2.35. The van der Waals surface area contributed by atoms with E-state index in [1.807, 2.05) is 38.1 Å². The number of nitrogens with zero attached hydrogens (tertiary/aromatic N) is 5. The van der Waals surface area contributed by atoms with Crippen LogP contribution >= 0.6 is 0 Å². The number of anilines is 2. The lowest BCUT2D eigenvalue weighted by Gasteiger charge is -2.26. The van der Waals surface area contributed by atoms with Gasteiger partial charge in [-0.3, -0.25) is 0 Å². The van der Waals surface area contributed by atoms with Crippen molar-refractivity contribution in [1.29, 1.82) is 0 Å². The molecule has 1 saturated heterocycles. The summed E-state index contributed by atoms with van der Waals surface area (Å²) in [5.41, 5.74) is 1.28. The van der Waals surface area contributed by atoms with Crippen LogP contribution in [0, 0.1) is 0 Å². The van der Waals surface area contributed by atoms with Crippen LogP contribution in [0.4, 0.5) is 11.9 Å². The Bertz CT molecular complexity index is 703. The second kappa shape index (κ2) is 7.89. The average Bonchev–Trinajstić information content (AvgIpc) is 3.12. The molecular weight excluding hydrogens is 326 g/mol. The van der Waals surface area contributed by atoms with E-state index in [-0.39, 0.29) is 5.92 Å². The van der Waals surface area contributed by atoms with Gasteiger partial charge in [-0.1, -0.05) is 26.0 Å². The van der Waals surface area contributed by atoms with Gasteiger partial charge in [0.25, 0.3) is 0 Å². The van der Waals surface area contributed by atoms with Crippen molar-refractivity contribution in [2.75, 3.05) is 37.0 Å². The van der Waals surface area contributed by atoms with Crippen LogP contribution in [0.3, 0.4) is 0 Å². The van der Waals surface area contributed by atoms with Crippen molar-refractivity contribution < 1.29 is 4.74 Å². The van der Waals surface area contributed by atoms with E-state index >= 15 is 0 Å². The van der Waals surface area contributed by atoms with E-state index in [2.05, 4.69) is 35.9 Å². The minimum Gasteiger partial charge on any atom is -0.494 e. The molecule has 1 aliphatic heterocycles. The lowest BCUT2D eigenvalue weighted by molar-refractivity contribution is 0.340. The summed E-state index contributed by atoms with van der Waals surface area (Å²) in [4.78, 5) is 18.4. The Morgan fingerprint density at radius 2 is 1.88 bits per heavy atom. The summed E-state index contributed by atoms with van der Waals surface area (Å²) < 4.78 is 5.57. The Morgan fingerprint density at radius 1 is 1.15 bits per heavy atom. The molecule has 2 aromatic rings. The number of hydrogen-bond acceptors (Lipinski definition) is 6. The molecule has 3 rings (SSSR count). The molecule has 1 atom stereocenters. The first-order valence-corrected chi connectivity index (χ1v) is 9.42. The molecule has 6 heteroatoms. The highest BCUT2D eigenvalue weighted by atomic mass is 16.5. The van der Waals surface area contributed by atoms with E-state index in [0.29, 0.717) is 12.6 Å². The average molecular weight is 355 g/mol. The Hall–Kier alpha value is -2.37. The van der Waals surface area contributed by atoms with E-state index in [1.54, 1.807) is 0 Å². The summed E-state index contributed by atoms with van der Waals surface area (Å²) in [6.45, 7) is 7.89. The minimum absolute atomic E-state index is 0.266. The van der Waals surface area contributed by atoms with Gasteiger partial charge in [0.15, 0.2) is 0 Å². The van der Waals surface area contributed by atoms with Crippen LogP contribution in [0.15, 0.2) is 24.3 Å². The number of benzene rings is 1. The summed E-state index contributed by atoms with van der Waals surface area (Å²) in [6.07, 6.45) is 2.24. The zero-order valence-corrected chi connectivity index (χ0v) is 16.4. The van der Waals surface area contributed by atoms with Gasteiger partial charge in [0, 0.05) is 26.6 Å². The van der Waals surface area contributed by atoms with Gasteiger partial charge in [-0.15, -0.1) is 0 Å². The maximum absolute atomic E-state index is 5.57. The van der Waals surface area contributed by atoms with Crippen molar-refractivity contribution >= 4 is 11.9 Å². The van der Waals surface area contributed by atoms with Crippen LogP contribution in [0.25, 0.3) is 0 Å². The smallest absolute Gasteiger partial charge is 0.230 e. The summed E-state index contributed by atoms with van der Waals surface area (Å²) in [5.74, 6) is 3.52. The summed E-state index contributed by atoms with van der Waals surface area (Å²) in [6, 6.07) is 8.71. The third-order valence-corrected chi connectivity index (χ3v) is 4.63. The van der Waals surface area contributed by atoms with Crippen LogP contribution < -0.4 is 14.5 Å². The van der Waals surface area contributed by atoms with Crippen LogP contribution in [0.5, 0.6) is 5.75 Å². The normalized spacial score (nSPS) is 17.0. The minimum atomic E-state index is 0.266. The van der Waals surface area contributed by atoms with Crippen molar-refractivity contribution in [2.45, 2.75) is 45.6 Å². The van der Waals surface area contributed by atoms with Gasteiger partial charge in [-0.25, -0.2) is 0 Å². The van der Waals surface area contributed by atoms with Gasteiger partial charge in [0.1, 0.15) is 11.6 Å². The summed E-state index contributed by atoms with van der Waals surface area (Å²) in [5, 5.41) is 0. The number of hydrogen-bond donors (Lipinski definition) is 0. The topological polar surface area (TPSA) is 54.4 Å². The predicted octanol–water partition coefficient (Wildman–Crippen LogP) is 3.80. The quantitative estimate of drug-likeness (QED) is 0.785. The molecule has 0 spiro atoms. The molecular formula is C20H29N5O. The van der Waals surface area contributed by atoms with Gasteiger partial charge in [-0.2, -0.15) is 15.0 Å². The second-order valence-electron chi connectivity index (χ2n) is 7.20. The van der Waals surface area contributed by atoms with Crippen LogP contribution in [0.2, 0.25) is 0 Å². The standard InChI is InChI=1S/C20H29N5O/c1-6-26-16-11-9-15(10-12-16)17-8-7-13-25(17)20-22-18(14(2)3)21-19(23-20)24(4)5/h9-12,14,17H,6-8,13H2,1-5H3. The first-order valence-electron chi connectivity index (χ1n) is 9.42. The fourth-order valence-electron chi connectivity index (χ4n) is 3.26. The highest BCUT2D eigenvalue weighted by Gasteiger charge is 2.29. The Balaban J connectivity index is 1.92. The molecule has 0 saturated carbocycles. The Labute approximate surface area is 156 Å². The third kappa shape index (κ3) is 3.89. The van der Waals surface area contributed by atoms with Crippen LogP contribution in [-0.2, 0) is 0 Å². The molecule has 1 aromatic heterocycles. The van der Waals surface area contributed by atoms with Gasteiger partial charge in [0.2, 0.25) is 11.9 Å². The first-order chi connectivity index (χ1) is 12.5. The lowest BCUT2D eigenvalue weighted by Crippen LogP contribution is -2.27. The maximum Gasteiger partial charge on any atom is 0.230 e. The predicted molar refractivity (Wildman–Crippen MR) is 105 cm³/mol. The van der Waals surface area contributed by atoms with Crippen LogP contribution in [0.1, 0.15) is 57.0 Å². The second-order valence-corrected chi connectivity index (χ2v) is 7.20. The van der Waals surface area contributed by atoms with Crippen molar-refractivity contribution in [3.05, 3.63) is 35.7 Å². The molecule has 0 radical (unpaired) electrons. The van der Waals surface area contributed by atoms with Crippen molar-refractivity contribution in [3.8, 4) is 5.75 Å². The number of rotatable bonds is 6. The van der Waals surface area contributed by atoms with Gasteiger partial charge in [-0.05, 0) is 37.5 Å². The van der Waals surface area contributed by atoms with Crippen LogP contribution in [-0.4, -0.2) is 42.2 Å².